The van der Waals surface area contributed by atoms with Gasteiger partial charge in [0.05, 0.1) is 12.7 Å². The van der Waals surface area contributed by atoms with Crippen LogP contribution in [0.2, 0.25) is 0 Å². The lowest BCUT2D eigenvalue weighted by Crippen LogP contribution is -1.73. The first kappa shape index (κ1) is 9.53. The van der Waals surface area contributed by atoms with Crippen molar-refractivity contribution in [2.24, 2.45) is 0 Å². The molecule has 0 bridgehead atoms. The molecule has 0 N–H and O–H groups in total. The van der Waals surface area contributed by atoms with Crippen LogP contribution in [0.4, 0.5) is 8.78 Å². The molecule has 0 amide bonds. The Labute approximate surface area is 57.6 Å². The van der Waals surface area contributed by atoms with Gasteiger partial charge in [0, 0.05) is 18.7 Å². The Balaban J connectivity index is 4.39. The van der Waals surface area contributed by atoms with Gasteiger partial charge in [-0.15, -0.1) is 0 Å². The summed E-state index contributed by atoms with van der Waals surface area (Å²) >= 11 is 0. The molecule has 2 nitrogen and oxygen atoms in total. The topological polar surface area (TPSA) is 26.3 Å². The molecule has 0 rings (SSSR count). The first-order valence-corrected chi connectivity index (χ1v) is 4.16. The lowest BCUT2D eigenvalue weighted by Gasteiger charge is -2.02. The summed E-state index contributed by atoms with van der Waals surface area (Å²) in [6.45, 7) is 0. The Hall–Kier alpha value is -0.470. The van der Waals surface area contributed by atoms with Gasteiger partial charge in [0.25, 0.3) is 7.37 Å². The van der Waals surface area contributed by atoms with Gasteiger partial charge >= 0.3 is 0 Å². The van der Waals surface area contributed by atoms with Crippen molar-refractivity contribution in [3.05, 3.63) is 24.3 Å². The summed E-state index contributed by atoms with van der Waals surface area (Å²) in [4.78, 5) is 0. The third kappa shape index (κ3) is 2.90. The van der Waals surface area contributed by atoms with E-state index < -0.39 is 7.37 Å². The normalized spacial score (nSPS) is 18.3. The fraction of sp³-hybridized carbons (Fsp3) is 0.200. The van der Waals surface area contributed by atoms with E-state index in [0.29, 0.717) is 11.6 Å². The molecular weight excluding hydrogens is 161 g/mol. The van der Waals surface area contributed by atoms with Gasteiger partial charge in [-0.05, 0) is 0 Å². The highest BCUT2D eigenvalue weighted by Crippen LogP contribution is 2.49. The number of hydrogen-bond acceptors (Lipinski definition) is 2. The minimum atomic E-state index is -3.31. The summed E-state index contributed by atoms with van der Waals surface area (Å²) in [6, 6.07) is 0. The van der Waals surface area contributed by atoms with Crippen molar-refractivity contribution in [2.45, 2.75) is 0 Å². The van der Waals surface area contributed by atoms with E-state index in [9.17, 15) is 13.3 Å². The minimum absolute atomic E-state index is 0.0598. The van der Waals surface area contributed by atoms with Gasteiger partial charge in [0.15, 0.2) is 0 Å². The molecule has 0 aromatic heterocycles. The van der Waals surface area contributed by atoms with Crippen LogP contribution in [0.5, 0.6) is 0 Å². The van der Waals surface area contributed by atoms with E-state index in [1.165, 1.54) is 0 Å². The molecule has 0 aromatic rings. The van der Waals surface area contributed by atoms with Crippen molar-refractivity contribution >= 4 is 7.37 Å². The molecule has 0 aliphatic carbocycles. The van der Waals surface area contributed by atoms with Crippen molar-refractivity contribution in [1.29, 1.82) is 0 Å². The fourth-order valence-electron chi connectivity index (χ4n) is 0.328. The standard InChI is InChI=1S/C5H7F2O2P/c1-9-10(8,4-2-6)5-3-7/h2-5H,1H3. The summed E-state index contributed by atoms with van der Waals surface area (Å²) < 4.78 is 38.0. The molecular formula is C5H7F2O2P. The zero-order valence-corrected chi connectivity index (χ0v) is 6.22. The van der Waals surface area contributed by atoms with Gasteiger partial charge in [-0.3, -0.25) is 4.57 Å². The maximum absolute atomic E-state index is 11.4. The second-order valence-electron chi connectivity index (χ2n) is 1.38. The summed E-state index contributed by atoms with van der Waals surface area (Å²) in [5.41, 5.74) is 0. The molecule has 0 fully saturated rings. The van der Waals surface area contributed by atoms with Crippen LogP contribution in [0.15, 0.2) is 24.3 Å². The van der Waals surface area contributed by atoms with Crippen molar-refractivity contribution in [3.8, 4) is 0 Å². The van der Waals surface area contributed by atoms with E-state index in [1.807, 2.05) is 0 Å². The summed E-state index contributed by atoms with van der Waals surface area (Å²) in [7, 11) is -2.20. The SMILES string of the molecule is COP(=O)(C=CF)C=CF. The van der Waals surface area contributed by atoms with E-state index in [0.717, 1.165) is 7.11 Å². The second kappa shape index (κ2) is 4.36. The van der Waals surface area contributed by atoms with Crippen LogP contribution in [-0.2, 0) is 9.09 Å². The predicted octanol–water partition coefficient (Wildman–Crippen LogP) is 2.79. The molecule has 0 saturated heterocycles. The van der Waals surface area contributed by atoms with Crippen LogP contribution < -0.4 is 0 Å². The maximum Gasteiger partial charge on any atom is 0.251 e. The molecule has 0 atom stereocenters. The molecule has 0 saturated carbocycles. The van der Waals surface area contributed by atoms with Gasteiger partial charge < -0.3 is 4.52 Å². The van der Waals surface area contributed by atoms with E-state index in [-0.39, 0.29) is 12.7 Å². The van der Waals surface area contributed by atoms with Gasteiger partial charge in [-0.1, -0.05) is 0 Å². The Bertz CT molecular complexity index is 172. The van der Waals surface area contributed by atoms with Crippen LogP contribution in [-0.4, -0.2) is 7.11 Å². The van der Waals surface area contributed by atoms with Gasteiger partial charge in [0.2, 0.25) is 0 Å². The third-order valence-corrected chi connectivity index (χ3v) is 2.44. The molecule has 0 heterocycles. The van der Waals surface area contributed by atoms with Gasteiger partial charge in [-0.25, -0.2) is 8.78 Å². The van der Waals surface area contributed by atoms with Crippen molar-refractivity contribution in [2.75, 3.05) is 7.11 Å². The molecule has 0 unspecified atom stereocenters. The third-order valence-electron chi connectivity index (χ3n) is 0.814. The largest absolute Gasteiger partial charge is 0.326 e. The molecule has 0 aliphatic heterocycles. The zero-order chi connectivity index (χ0) is 8.04. The molecule has 0 aromatic carbocycles. The quantitative estimate of drug-likeness (QED) is 0.605. The van der Waals surface area contributed by atoms with Crippen LogP contribution >= 0.6 is 7.37 Å². The highest BCUT2D eigenvalue weighted by Gasteiger charge is 2.11. The summed E-state index contributed by atoms with van der Waals surface area (Å²) in [6.07, 6.45) is 0.120. The molecule has 0 spiro atoms. The highest BCUT2D eigenvalue weighted by molar-refractivity contribution is 7.65. The molecule has 0 aliphatic rings. The Morgan fingerprint density at radius 1 is 1.30 bits per heavy atom. The monoisotopic (exact) mass is 168 g/mol. The molecule has 58 valence electrons. The van der Waals surface area contributed by atoms with Crippen LogP contribution in [0, 0.1) is 0 Å². The predicted molar refractivity (Wildman–Crippen MR) is 35.1 cm³/mol. The Morgan fingerprint density at radius 2 is 1.70 bits per heavy atom. The highest BCUT2D eigenvalue weighted by atomic mass is 31.2. The van der Waals surface area contributed by atoms with Crippen molar-refractivity contribution in [1.82, 2.24) is 0 Å². The van der Waals surface area contributed by atoms with Crippen LogP contribution in [0.1, 0.15) is 0 Å². The summed E-state index contributed by atoms with van der Waals surface area (Å²) in [5, 5.41) is 0. The number of rotatable bonds is 3. The van der Waals surface area contributed by atoms with Crippen molar-refractivity contribution < 1.29 is 17.9 Å². The van der Waals surface area contributed by atoms with Crippen molar-refractivity contribution in [3.63, 3.8) is 0 Å². The number of hydrogen-bond donors (Lipinski definition) is 0. The first-order valence-electron chi connectivity index (χ1n) is 2.39. The van der Waals surface area contributed by atoms with E-state index in [4.69, 9.17) is 0 Å². The second-order valence-corrected chi connectivity index (χ2v) is 3.63. The van der Waals surface area contributed by atoms with E-state index in [2.05, 4.69) is 4.52 Å². The smallest absolute Gasteiger partial charge is 0.251 e. The lowest BCUT2D eigenvalue weighted by atomic mass is 11.2. The Kier molecular flexibility index (Phi) is 4.16. The maximum atomic E-state index is 11.4. The Morgan fingerprint density at radius 3 is 1.90 bits per heavy atom. The first-order chi connectivity index (χ1) is 4.68. The average molecular weight is 168 g/mol. The van der Waals surface area contributed by atoms with Gasteiger partial charge in [-0.2, -0.15) is 0 Å². The van der Waals surface area contributed by atoms with E-state index >= 15 is 0 Å². The van der Waals surface area contributed by atoms with E-state index in [1.54, 1.807) is 0 Å². The van der Waals surface area contributed by atoms with Crippen LogP contribution in [0.3, 0.4) is 0 Å². The zero-order valence-electron chi connectivity index (χ0n) is 5.33. The summed E-state index contributed by atoms with van der Waals surface area (Å²) in [5.74, 6) is 1.34. The minimum Gasteiger partial charge on any atom is -0.326 e. The molecule has 5 heteroatoms. The van der Waals surface area contributed by atoms with Crippen LogP contribution in [0.25, 0.3) is 0 Å². The lowest BCUT2D eigenvalue weighted by molar-refractivity contribution is 0.409. The number of halogens is 2. The average Bonchev–Trinajstić information content (AvgIpc) is 1.89. The van der Waals surface area contributed by atoms with Gasteiger partial charge in [0.1, 0.15) is 0 Å². The molecule has 0 radical (unpaired) electrons. The fourth-order valence-corrected chi connectivity index (χ4v) is 0.985. The molecule has 10 heavy (non-hydrogen) atoms.